The number of ether oxygens (including phenoxy) is 1. The average molecular weight is 197 g/mol. The van der Waals surface area contributed by atoms with Crippen molar-refractivity contribution in [1.82, 2.24) is 5.16 Å². The van der Waals surface area contributed by atoms with Crippen molar-refractivity contribution in [1.29, 1.82) is 0 Å². The number of esters is 1. The van der Waals surface area contributed by atoms with Gasteiger partial charge in [0.2, 0.25) is 5.76 Å². The third-order valence-corrected chi connectivity index (χ3v) is 2.01. The van der Waals surface area contributed by atoms with Crippen molar-refractivity contribution in [2.75, 3.05) is 7.11 Å². The van der Waals surface area contributed by atoms with E-state index >= 15 is 0 Å². The smallest absolute Gasteiger partial charge is 0.377 e. The first-order chi connectivity index (χ1) is 6.38. The third kappa shape index (κ3) is 1.78. The van der Waals surface area contributed by atoms with Gasteiger partial charge in [0.1, 0.15) is 0 Å². The molecule has 0 saturated carbocycles. The van der Waals surface area contributed by atoms with Crippen LogP contribution in [0.3, 0.4) is 0 Å². The average Bonchev–Trinajstić information content (AvgIpc) is 2.45. The topological polar surface area (TPSA) is 52.3 Å². The quantitative estimate of drug-likeness (QED) is 0.647. The van der Waals surface area contributed by atoms with E-state index in [1.54, 1.807) is 0 Å². The van der Waals surface area contributed by atoms with Crippen LogP contribution in [0.1, 0.15) is 42.6 Å². The third-order valence-electron chi connectivity index (χ3n) is 2.01. The standard InChI is InChI=1S/C10H15NO3/c1-6-7(9(12)13-5)14-11-8(6)10(2,3)4/h1-5H3. The van der Waals surface area contributed by atoms with E-state index in [1.807, 2.05) is 27.7 Å². The van der Waals surface area contributed by atoms with Gasteiger partial charge in [0.15, 0.2) is 0 Å². The molecule has 0 spiro atoms. The van der Waals surface area contributed by atoms with Crippen LogP contribution in [0.4, 0.5) is 0 Å². The number of nitrogens with zero attached hydrogens (tertiary/aromatic N) is 1. The normalized spacial score (nSPS) is 11.5. The first-order valence-corrected chi connectivity index (χ1v) is 4.43. The molecule has 14 heavy (non-hydrogen) atoms. The SMILES string of the molecule is COC(=O)c1onc(C(C)(C)C)c1C. The summed E-state index contributed by atoms with van der Waals surface area (Å²) in [7, 11) is 1.32. The molecule has 0 saturated heterocycles. The van der Waals surface area contributed by atoms with E-state index in [-0.39, 0.29) is 11.2 Å². The van der Waals surface area contributed by atoms with Crippen LogP contribution in [-0.4, -0.2) is 18.2 Å². The molecule has 0 aliphatic rings. The monoisotopic (exact) mass is 197 g/mol. The van der Waals surface area contributed by atoms with Crippen molar-refractivity contribution in [2.45, 2.75) is 33.1 Å². The lowest BCUT2D eigenvalue weighted by atomic mass is 9.89. The highest BCUT2D eigenvalue weighted by Gasteiger charge is 2.26. The number of rotatable bonds is 1. The molecule has 1 heterocycles. The zero-order valence-corrected chi connectivity index (χ0v) is 9.17. The van der Waals surface area contributed by atoms with Gasteiger partial charge in [0.25, 0.3) is 0 Å². The van der Waals surface area contributed by atoms with Gasteiger partial charge in [-0.15, -0.1) is 0 Å². The Labute approximate surface area is 83.2 Å². The summed E-state index contributed by atoms with van der Waals surface area (Å²) in [6.07, 6.45) is 0. The van der Waals surface area contributed by atoms with Crippen LogP contribution in [0.15, 0.2) is 4.52 Å². The van der Waals surface area contributed by atoms with Crippen molar-refractivity contribution in [2.24, 2.45) is 0 Å². The van der Waals surface area contributed by atoms with Gasteiger partial charge < -0.3 is 9.26 Å². The van der Waals surface area contributed by atoms with E-state index in [0.717, 1.165) is 11.3 Å². The zero-order chi connectivity index (χ0) is 10.9. The first-order valence-electron chi connectivity index (χ1n) is 4.43. The fourth-order valence-corrected chi connectivity index (χ4v) is 1.32. The van der Waals surface area contributed by atoms with Crippen molar-refractivity contribution in [3.63, 3.8) is 0 Å². The number of hydrogen-bond donors (Lipinski definition) is 0. The maximum Gasteiger partial charge on any atom is 0.377 e. The Morgan fingerprint density at radius 1 is 1.43 bits per heavy atom. The Morgan fingerprint density at radius 3 is 2.36 bits per heavy atom. The Bertz CT molecular complexity index is 347. The number of hydrogen-bond acceptors (Lipinski definition) is 4. The second-order valence-corrected chi connectivity index (χ2v) is 4.23. The van der Waals surface area contributed by atoms with E-state index in [1.165, 1.54) is 7.11 Å². The van der Waals surface area contributed by atoms with Gasteiger partial charge in [-0.2, -0.15) is 0 Å². The van der Waals surface area contributed by atoms with Crippen LogP contribution in [0, 0.1) is 6.92 Å². The van der Waals surface area contributed by atoms with Gasteiger partial charge in [-0.3, -0.25) is 0 Å². The first kappa shape index (κ1) is 10.8. The molecule has 0 atom stereocenters. The minimum absolute atomic E-state index is 0.125. The van der Waals surface area contributed by atoms with Crippen LogP contribution in [-0.2, 0) is 10.2 Å². The van der Waals surface area contributed by atoms with Crippen molar-refractivity contribution >= 4 is 5.97 Å². The number of carbonyl (C=O) groups excluding carboxylic acids is 1. The highest BCUT2D eigenvalue weighted by atomic mass is 16.5. The van der Waals surface area contributed by atoms with Crippen LogP contribution >= 0.6 is 0 Å². The lowest BCUT2D eigenvalue weighted by molar-refractivity contribution is 0.0553. The van der Waals surface area contributed by atoms with Crippen molar-refractivity contribution in [3.05, 3.63) is 17.0 Å². The second kappa shape index (κ2) is 3.44. The van der Waals surface area contributed by atoms with Crippen LogP contribution in [0.5, 0.6) is 0 Å². The molecule has 1 rings (SSSR count). The number of methoxy groups -OCH3 is 1. The molecule has 1 aromatic rings. The van der Waals surface area contributed by atoms with Gasteiger partial charge in [-0.05, 0) is 6.92 Å². The van der Waals surface area contributed by atoms with Gasteiger partial charge >= 0.3 is 5.97 Å². The van der Waals surface area contributed by atoms with E-state index in [2.05, 4.69) is 9.89 Å². The minimum Gasteiger partial charge on any atom is -0.463 e. The van der Waals surface area contributed by atoms with Gasteiger partial charge in [0.05, 0.1) is 12.8 Å². The van der Waals surface area contributed by atoms with Gasteiger partial charge in [0, 0.05) is 11.0 Å². The molecular formula is C10H15NO3. The number of aromatic nitrogens is 1. The second-order valence-electron chi connectivity index (χ2n) is 4.23. The van der Waals surface area contributed by atoms with E-state index in [9.17, 15) is 4.79 Å². The molecule has 0 aliphatic heterocycles. The summed E-state index contributed by atoms with van der Waals surface area (Å²) in [4.78, 5) is 11.2. The lowest BCUT2D eigenvalue weighted by Crippen LogP contribution is -2.13. The van der Waals surface area contributed by atoms with Crippen LogP contribution in [0.25, 0.3) is 0 Å². The predicted octanol–water partition coefficient (Wildman–Crippen LogP) is 2.07. The van der Waals surface area contributed by atoms with Crippen molar-refractivity contribution < 1.29 is 14.1 Å². The molecule has 0 N–H and O–H groups in total. The summed E-state index contributed by atoms with van der Waals surface area (Å²) in [6.45, 7) is 7.85. The van der Waals surface area contributed by atoms with E-state index in [0.29, 0.717) is 0 Å². The fourth-order valence-electron chi connectivity index (χ4n) is 1.32. The number of carbonyl (C=O) groups is 1. The summed E-state index contributed by atoms with van der Waals surface area (Å²) in [5, 5.41) is 3.88. The van der Waals surface area contributed by atoms with Crippen LogP contribution in [0.2, 0.25) is 0 Å². The van der Waals surface area contributed by atoms with Crippen LogP contribution < -0.4 is 0 Å². The summed E-state index contributed by atoms with van der Waals surface area (Å²) in [6, 6.07) is 0. The predicted molar refractivity (Wildman–Crippen MR) is 51.3 cm³/mol. The lowest BCUT2D eigenvalue weighted by Gasteiger charge is -2.14. The molecule has 0 amide bonds. The summed E-state index contributed by atoms with van der Waals surface area (Å²) < 4.78 is 9.52. The highest BCUT2D eigenvalue weighted by molar-refractivity contribution is 5.87. The minimum atomic E-state index is -0.481. The fraction of sp³-hybridized carbons (Fsp3) is 0.600. The van der Waals surface area contributed by atoms with E-state index in [4.69, 9.17) is 4.52 Å². The maximum absolute atomic E-state index is 11.2. The Morgan fingerprint density at radius 2 is 2.00 bits per heavy atom. The molecule has 0 aromatic carbocycles. The van der Waals surface area contributed by atoms with E-state index < -0.39 is 5.97 Å². The Hall–Kier alpha value is -1.32. The Balaban J connectivity index is 3.15. The molecule has 4 heteroatoms. The largest absolute Gasteiger partial charge is 0.463 e. The molecule has 0 aliphatic carbocycles. The summed E-state index contributed by atoms with van der Waals surface area (Å²) in [5.74, 6) is -0.289. The van der Waals surface area contributed by atoms with Gasteiger partial charge in [-0.1, -0.05) is 25.9 Å². The van der Waals surface area contributed by atoms with Gasteiger partial charge in [-0.25, -0.2) is 4.79 Å². The molecule has 78 valence electrons. The molecule has 1 aromatic heterocycles. The molecular weight excluding hydrogens is 182 g/mol. The highest BCUT2D eigenvalue weighted by Crippen LogP contribution is 2.26. The summed E-state index contributed by atoms with van der Waals surface area (Å²) in [5.41, 5.74) is 1.42. The van der Waals surface area contributed by atoms with Crippen molar-refractivity contribution in [3.8, 4) is 0 Å². The molecule has 4 nitrogen and oxygen atoms in total. The Kier molecular flexibility index (Phi) is 2.64. The molecule has 0 fully saturated rings. The zero-order valence-electron chi connectivity index (χ0n) is 9.17. The molecule has 0 unspecified atom stereocenters. The molecule has 0 bridgehead atoms. The maximum atomic E-state index is 11.2. The molecule has 0 radical (unpaired) electrons. The summed E-state index contributed by atoms with van der Waals surface area (Å²) >= 11 is 0.